The molecule has 0 saturated carbocycles. The standard InChI is InChI=1S/C13H22N4OS/c1-10(19-2)8-15-13(18)12-5-7-17(16-12)11-4-3-6-14-9-11/h5,7,10-11,14H,3-4,6,8-9H2,1-2H3,(H,15,18). The third-order valence-corrected chi connectivity index (χ3v) is 4.41. The lowest BCUT2D eigenvalue weighted by Crippen LogP contribution is -2.32. The summed E-state index contributed by atoms with van der Waals surface area (Å²) in [6.07, 6.45) is 6.24. The molecule has 2 atom stereocenters. The van der Waals surface area contributed by atoms with E-state index < -0.39 is 0 Å². The van der Waals surface area contributed by atoms with E-state index in [2.05, 4.69) is 22.7 Å². The van der Waals surface area contributed by atoms with Crippen LogP contribution in [0.2, 0.25) is 0 Å². The molecule has 2 N–H and O–H groups in total. The third kappa shape index (κ3) is 3.98. The second kappa shape index (κ2) is 6.96. The van der Waals surface area contributed by atoms with E-state index in [1.807, 2.05) is 17.1 Å². The first-order chi connectivity index (χ1) is 9.20. The number of rotatable bonds is 5. The fourth-order valence-electron chi connectivity index (χ4n) is 2.13. The van der Waals surface area contributed by atoms with E-state index in [0.29, 0.717) is 23.5 Å². The predicted molar refractivity (Wildman–Crippen MR) is 78.7 cm³/mol. The van der Waals surface area contributed by atoms with Crippen LogP contribution in [0.4, 0.5) is 0 Å². The summed E-state index contributed by atoms with van der Waals surface area (Å²) in [5, 5.41) is 11.1. The number of carbonyl (C=O) groups is 1. The summed E-state index contributed by atoms with van der Waals surface area (Å²) in [6, 6.07) is 2.17. The number of hydrogen-bond donors (Lipinski definition) is 2. The Morgan fingerprint density at radius 3 is 3.26 bits per heavy atom. The molecule has 0 aliphatic carbocycles. The molecule has 0 radical (unpaired) electrons. The first-order valence-corrected chi connectivity index (χ1v) is 8.06. The zero-order valence-corrected chi connectivity index (χ0v) is 12.4. The molecule has 1 fully saturated rings. The van der Waals surface area contributed by atoms with Crippen LogP contribution in [-0.4, -0.2) is 46.8 Å². The third-order valence-electron chi connectivity index (χ3n) is 3.44. The van der Waals surface area contributed by atoms with Crippen LogP contribution in [0.3, 0.4) is 0 Å². The highest BCUT2D eigenvalue weighted by atomic mass is 32.2. The lowest BCUT2D eigenvalue weighted by molar-refractivity contribution is 0.0948. The fraction of sp³-hybridized carbons (Fsp3) is 0.692. The highest BCUT2D eigenvalue weighted by molar-refractivity contribution is 7.99. The lowest BCUT2D eigenvalue weighted by Gasteiger charge is -2.22. The second-order valence-corrected chi connectivity index (χ2v) is 6.21. The summed E-state index contributed by atoms with van der Waals surface area (Å²) >= 11 is 1.74. The van der Waals surface area contributed by atoms with Crippen molar-refractivity contribution in [2.45, 2.75) is 31.1 Å². The minimum atomic E-state index is -0.0802. The number of carbonyl (C=O) groups excluding carboxylic acids is 1. The number of thioether (sulfide) groups is 1. The maximum absolute atomic E-state index is 11.9. The van der Waals surface area contributed by atoms with Gasteiger partial charge in [-0.2, -0.15) is 16.9 Å². The normalized spacial score (nSPS) is 21.1. The van der Waals surface area contributed by atoms with Gasteiger partial charge in [-0.25, -0.2) is 0 Å². The summed E-state index contributed by atoms with van der Waals surface area (Å²) in [5.41, 5.74) is 0.513. The van der Waals surface area contributed by atoms with Crippen LogP contribution in [0, 0.1) is 0 Å². The van der Waals surface area contributed by atoms with Crippen molar-refractivity contribution in [3.8, 4) is 0 Å². The van der Waals surface area contributed by atoms with Crippen molar-refractivity contribution in [3.05, 3.63) is 18.0 Å². The molecule has 2 unspecified atom stereocenters. The van der Waals surface area contributed by atoms with Crippen LogP contribution >= 0.6 is 11.8 Å². The van der Waals surface area contributed by atoms with Crippen molar-refractivity contribution in [2.24, 2.45) is 0 Å². The quantitative estimate of drug-likeness (QED) is 0.854. The molecule has 2 heterocycles. The molecule has 0 aromatic carbocycles. The van der Waals surface area contributed by atoms with Crippen LogP contribution in [0.25, 0.3) is 0 Å². The van der Waals surface area contributed by atoms with Gasteiger partial charge in [-0.3, -0.25) is 9.48 Å². The second-order valence-electron chi connectivity index (χ2n) is 4.94. The van der Waals surface area contributed by atoms with Gasteiger partial charge in [-0.05, 0) is 31.7 Å². The molecule has 1 amide bonds. The van der Waals surface area contributed by atoms with Crippen LogP contribution in [0.1, 0.15) is 36.3 Å². The van der Waals surface area contributed by atoms with Gasteiger partial charge < -0.3 is 10.6 Å². The highest BCUT2D eigenvalue weighted by Gasteiger charge is 2.17. The predicted octanol–water partition coefficient (Wildman–Crippen LogP) is 1.29. The zero-order valence-electron chi connectivity index (χ0n) is 11.6. The van der Waals surface area contributed by atoms with E-state index in [1.54, 1.807) is 17.8 Å². The van der Waals surface area contributed by atoms with Crippen molar-refractivity contribution in [2.75, 3.05) is 25.9 Å². The maximum Gasteiger partial charge on any atom is 0.271 e. The highest BCUT2D eigenvalue weighted by Crippen LogP contribution is 2.15. The van der Waals surface area contributed by atoms with E-state index in [4.69, 9.17) is 0 Å². The monoisotopic (exact) mass is 282 g/mol. The van der Waals surface area contributed by atoms with Gasteiger partial charge in [0, 0.05) is 24.5 Å². The first-order valence-electron chi connectivity index (χ1n) is 6.77. The van der Waals surface area contributed by atoms with Gasteiger partial charge in [-0.15, -0.1) is 0 Å². The molecule has 6 heteroatoms. The zero-order chi connectivity index (χ0) is 13.7. The Bertz CT molecular complexity index is 415. The van der Waals surface area contributed by atoms with E-state index in [1.165, 1.54) is 0 Å². The van der Waals surface area contributed by atoms with E-state index in [-0.39, 0.29) is 5.91 Å². The van der Waals surface area contributed by atoms with Gasteiger partial charge in [-0.1, -0.05) is 6.92 Å². The van der Waals surface area contributed by atoms with Crippen LogP contribution < -0.4 is 10.6 Å². The van der Waals surface area contributed by atoms with Crippen LogP contribution in [0.5, 0.6) is 0 Å². The molecule has 1 saturated heterocycles. The Hall–Kier alpha value is -1.01. The number of amides is 1. The Kier molecular flexibility index (Phi) is 5.27. The molecule has 5 nitrogen and oxygen atoms in total. The van der Waals surface area contributed by atoms with Gasteiger partial charge in [0.2, 0.25) is 0 Å². The molecule has 0 spiro atoms. The van der Waals surface area contributed by atoms with Gasteiger partial charge >= 0.3 is 0 Å². The van der Waals surface area contributed by atoms with Gasteiger partial charge in [0.25, 0.3) is 5.91 Å². The van der Waals surface area contributed by atoms with E-state index in [0.717, 1.165) is 25.9 Å². The molecule has 2 rings (SSSR count). The summed E-state index contributed by atoms with van der Waals surface area (Å²) < 4.78 is 1.92. The van der Waals surface area contributed by atoms with E-state index >= 15 is 0 Å². The van der Waals surface area contributed by atoms with Crippen molar-refractivity contribution in [1.82, 2.24) is 20.4 Å². The topological polar surface area (TPSA) is 59.0 Å². The number of nitrogens with one attached hydrogen (secondary N) is 2. The molecule has 1 aliphatic rings. The average molecular weight is 282 g/mol. The van der Waals surface area contributed by atoms with Gasteiger partial charge in [0.15, 0.2) is 0 Å². The molecule has 1 aliphatic heterocycles. The van der Waals surface area contributed by atoms with Gasteiger partial charge in [0.05, 0.1) is 6.04 Å². The molecule has 19 heavy (non-hydrogen) atoms. The molecular formula is C13H22N4OS. The van der Waals surface area contributed by atoms with Gasteiger partial charge in [0.1, 0.15) is 5.69 Å². The van der Waals surface area contributed by atoms with E-state index in [9.17, 15) is 4.79 Å². The number of hydrogen-bond acceptors (Lipinski definition) is 4. The lowest BCUT2D eigenvalue weighted by atomic mass is 10.1. The van der Waals surface area contributed by atoms with Crippen molar-refractivity contribution in [1.29, 1.82) is 0 Å². The maximum atomic E-state index is 11.9. The smallest absolute Gasteiger partial charge is 0.271 e. The largest absolute Gasteiger partial charge is 0.350 e. The molecular weight excluding hydrogens is 260 g/mol. The van der Waals surface area contributed by atoms with Crippen molar-refractivity contribution in [3.63, 3.8) is 0 Å². The number of nitrogens with zero attached hydrogens (tertiary/aromatic N) is 2. The Morgan fingerprint density at radius 2 is 2.58 bits per heavy atom. The fourth-order valence-corrected chi connectivity index (χ4v) is 2.38. The first kappa shape index (κ1) is 14.4. The van der Waals surface area contributed by atoms with Crippen LogP contribution in [0.15, 0.2) is 12.3 Å². The summed E-state index contributed by atoms with van der Waals surface area (Å²) in [6.45, 7) is 4.79. The summed E-state index contributed by atoms with van der Waals surface area (Å²) in [4.78, 5) is 11.9. The number of piperidine rings is 1. The minimum Gasteiger partial charge on any atom is -0.350 e. The number of aromatic nitrogens is 2. The van der Waals surface area contributed by atoms with Crippen molar-refractivity contribution < 1.29 is 4.79 Å². The average Bonchev–Trinajstić information content (AvgIpc) is 2.95. The Balaban J connectivity index is 1.90. The summed E-state index contributed by atoms with van der Waals surface area (Å²) in [5.74, 6) is -0.0802. The Morgan fingerprint density at radius 1 is 1.74 bits per heavy atom. The van der Waals surface area contributed by atoms with Crippen LogP contribution in [-0.2, 0) is 0 Å². The molecule has 106 valence electrons. The minimum absolute atomic E-state index is 0.0802. The Labute approximate surface area is 118 Å². The SMILES string of the molecule is CSC(C)CNC(=O)c1ccn(C2CCCNC2)n1. The molecule has 0 bridgehead atoms. The van der Waals surface area contributed by atoms with Crippen molar-refractivity contribution >= 4 is 17.7 Å². The molecule has 1 aromatic rings. The summed E-state index contributed by atoms with van der Waals surface area (Å²) in [7, 11) is 0. The molecule has 1 aromatic heterocycles.